The highest BCUT2D eigenvalue weighted by atomic mass is 35.5. The summed E-state index contributed by atoms with van der Waals surface area (Å²) in [4.78, 5) is 21.0. The second-order valence-corrected chi connectivity index (χ2v) is 7.30. The largest absolute Gasteiger partial charge is 0.338 e. The van der Waals surface area contributed by atoms with E-state index >= 15 is 0 Å². The van der Waals surface area contributed by atoms with Crippen molar-refractivity contribution in [2.75, 3.05) is 31.1 Å². The molecule has 1 saturated heterocycles. The summed E-state index contributed by atoms with van der Waals surface area (Å²) < 4.78 is 15.9. The molecule has 0 saturated carbocycles. The first kappa shape index (κ1) is 18.8. The summed E-state index contributed by atoms with van der Waals surface area (Å²) in [5, 5.41) is 0.852. The van der Waals surface area contributed by atoms with Crippen LogP contribution in [-0.4, -0.2) is 46.5 Å². The first-order valence-corrected chi connectivity index (χ1v) is 9.58. The van der Waals surface area contributed by atoms with Gasteiger partial charge in [-0.25, -0.2) is 9.37 Å². The molecule has 1 fully saturated rings. The van der Waals surface area contributed by atoms with Gasteiger partial charge >= 0.3 is 0 Å². The maximum Gasteiger partial charge on any atom is 0.255 e. The zero-order valence-electron chi connectivity index (χ0n) is 14.9. The van der Waals surface area contributed by atoms with Crippen LogP contribution in [-0.2, 0) is 0 Å². The highest BCUT2D eigenvalue weighted by Gasteiger charge is 2.26. The summed E-state index contributed by atoms with van der Waals surface area (Å²) >= 11 is 12.2. The van der Waals surface area contributed by atoms with E-state index in [2.05, 4.69) is 4.98 Å². The Bertz CT molecular complexity index is 1010. The summed E-state index contributed by atoms with van der Waals surface area (Å²) in [5.41, 5.74) is 0.842. The summed E-state index contributed by atoms with van der Waals surface area (Å²) in [6, 6.07) is 11.4. The number of nitrogens with zero attached hydrogens (tertiary/aromatic N) is 4. The predicted octanol–water partition coefficient (Wildman–Crippen LogP) is 4.28. The maximum atomic E-state index is 14.2. The average molecular weight is 419 g/mol. The zero-order chi connectivity index (χ0) is 19.7. The van der Waals surface area contributed by atoms with Gasteiger partial charge in [0, 0.05) is 43.6 Å². The number of piperazine rings is 1. The highest BCUT2D eigenvalue weighted by molar-refractivity contribution is 6.35. The minimum atomic E-state index is -0.314. The third kappa shape index (κ3) is 3.57. The lowest BCUT2D eigenvalue weighted by molar-refractivity contribution is 0.0746. The van der Waals surface area contributed by atoms with Crippen LogP contribution in [0.15, 0.2) is 54.9 Å². The van der Waals surface area contributed by atoms with Crippen LogP contribution in [0, 0.1) is 5.82 Å². The number of hydrogen-bond acceptors (Lipinski definition) is 3. The fourth-order valence-electron chi connectivity index (χ4n) is 3.31. The number of benzene rings is 2. The molecule has 0 spiro atoms. The lowest BCUT2D eigenvalue weighted by Crippen LogP contribution is -2.49. The van der Waals surface area contributed by atoms with E-state index in [1.165, 1.54) is 6.07 Å². The van der Waals surface area contributed by atoms with E-state index in [0.29, 0.717) is 53.4 Å². The van der Waals surface area contributed by atoms with Crippen LogP contribution in [0.2, 0.25) is 10.0 Å². The van der Waals surface area contributed by atoms with Crippen molar-refractivity contribution >= 4 is 35.1 Å². The first-order chi connectivity index (χ1) is 13.5. The van der Waals surface area contributed by atoms with E-state index in [4.69, 9.17) is 23.2 Å². The van der Waals surface area contributed by atoms with Gasteiger partial charge in [-0.2, -0.15) is 0 Å². The molecule has 0 radical (unpaired) electrons. The van der Waals surface area contributed by atoms with Crippen molar-refractivity contribution in [2.45, 2.75) is 0 Å². The fourth-order valence-corrected chi connectivity index (χ4v) is 3.68. The molecule has 5 nitrogen and oxygen atoms in total. The molecule has 0 unspecified atom stereocenters. The lowest BCUT2D eigenvalue weighted by Gasteiger charge is -2.35. The van der Waals surface area contributed by atoms with Gasteiger partial charge < -0.3 is 9.80 Å². The Hall–Kier alpha value is -2.57. The van der Waals surface area contributed by atoms with Gasteiger partial charge in [0.25, 0.3) is 5.91 Å². The van der Waals surface area contributed by atoms with Gasteiger partial charge in [-0.05, 0) is 30.3 Å². The van der Waals surface area contributed by atoms with E-state index in [-0.39, 0.29) is 11.7 Å². The SMILES string of the molecule is O=C(c1cc(Cl)ccc1Cl)N1CCN(c2nccn2-c2ccccc2F)CC1. The Morgan fingerprint density at radius 3 is 2.54 bits per heavy atom. The minimum absolute atomic E-state index is 0.149. The van der Waals surface area contributed by atoms with Crippen LogP contribution < -0.4 is 4.90 Å². The van der Waals surface area contributed by atoms with Crippen molar-refractivity contribution in [3.8, 4) is 5.69 Å². The molecule has 1 aromatic heterocycles. The summed E-state index contributed by atoms with van der Waals surface area (Å²) in [6.07, 6.45) is 3.38. The first-order valence-electron chi connectivity index (χ1n) is 8.82. The molecule has 1 aliphatic heterocycles. The molecular weight excluding hydrogens is 402 g/mol. The van der Waals surface area contributed by atoms with E-state index in [1.54, 1.807) is 58.3 Å². The van der Waals surface area contributed by atoms with Crippen LogP contribution in [0.25, 0.3) is 5.69 Å². The summed E-state index contributed by atoms with van der Waals surface area (Å²) in [7, 11) is 0. The number of halogens is 3. The molecule has 8 heteroatoms. The van der Waals surface area contributed by atoms with E-state index in [9.17, 15) is 9.18 Å². The number of anilines is 1. The number of carbonyl (C=O) groups excluding carboxylic acids is 1. The van der Waals surface area contributed by atoms with Gasteiger partial charge in [-0.15, -0.1) is 0 Å². The fraction of sp³-hybridized carbons (Fsp3) is 0.200. The Labute approximate surface area is 171 Å². The number of carbonyl (C=O) groups is 1. The third-order valence-corrected chi connectivity index (χ3v) is 5.31. The minimum Gasteiger partial charge on any atom is -0.338 e. The molecule has 0 aliphatic carbocycles. The number of imidazole rings is 1. The second kappa shape index (κ2) is 7.81. The normalized spacial score (nSPS) is 14.4. The molecule has 2 heterocycles. The van der Waals surface area contributed by atoms with Crippen LogP contribution in [0.1, 0.15) is 10.4 Å². The van der Waals surface area contributed by atoms with E-state index in [0.717, 1.165) is 0 Å². The van der Waals surface area contributed by atoms with Gasteiger partial charge in [0.05, 0.1) is 16.3 Å². The van der Waals surface area contributed by atoms with E-state index in [1.807, 2.05) is 4.90 Å². The van der Waals surface area contributed by atoms with Gasteiger partial charge in [-0.3, -0.25) is 9.36 Å². The Balaban J connectivity index is 1.50. The van der Waals surface area contributed by atoms with Crippen molar-refractivity contribution in [3.05, 3.63) is 76.3 Å². The van der Waals surface area contributed by atoms with Crippen molar-refractivity contribution < 1.29 is 9.18 Å². The molecule has 144 valence electrons. The smallest absolute Gasteiger partial charge is 0.255 e. The van der Waals surface area contributed by atoms with Gasteiger partial charge in [-0.1, -0.05) is 35.3 Å². The van der Waals surface area contributed by atoms with Crippen molar-refractivity contribution in [1.29, 1.82) is 0 Å². The number of para-hydroxylation sites is 1. The average Bonchev–Trinajstić information content (AvgIpc) is 3.19. The maximum absolute atomic E-state index is 14.2. The highest BCUT2D eigenvalue weighted by Crippen LogP contribution is 2.25. The van der Waals surface area contributed by atoms with Gasteiger partial charge in [0.15, 0.2) is 0 Å². The van der Waals surface area contributed by atoms with Crippen molar-refractivity contribution in [1.82, 2.24) is 14.5 Å². The Morgan fingerprint density at radius 1 is 1.04 bits per heavy atom. The molecular formula is C20H17Cl2FN4O. The summed E-state index contributed by atoms with van der Waals surface area (Å²) in [5.74, 6) is 0.189. The predicted molar refractivity (Wildman–Crippen MR) is 108 cm³/mol. The molecule has 28 heavy (non-hydrogen) atoms. The standard InChI is InChI=1S/C20H17Cl2FN4O/c21-14-5-6-16(22)15(13-14)19(28)25-9-11-26(12-10-25)20-24-7-8-27(20)18-4-2-1-3-17(18)23/h1-8,13H,9-12H2. The lowest BCUT2D eigenvalue weighted by atomic mass is 10.2. The number of hydrogen-bond donors (Lipinski definition) is 0. The molecule has 0 atom stereocenters. The van der Waals surface area contributed by atoms with E-state index < -0.39 is 0 Å². The number of rotatable bonds is 3. The third-order valence-electron chi connectivity index (χ3n) is 4.74. The van der Waals surface area contributed by atoms with Gasteiger partial charge in [0.2, 0.25) is 5.95 Å². The molecule has 1 amide bonds. The van der Waals surface area contributed by atoms with Crippen LogP contribution >= 0.6 is 23.2 Å². The van der Waals surface area contributed by atoms with Crippen molar-refractivity contribution in [3.63, 3.8) is 0 Å². The Morgan fingerprint density at radius 2 is 1.79 bits per heavy atom. The van der Waals surface area contributed by atoms with Crippen LogP contribution in [0.3, 0.4) is 0 Å². The Kier molecular flexibility index (Phi) is 5.24. The molecule has 4 rings (SSSR count). The topological polar surface area (TPSA) is 41.4 Å². The number of amides is 1. The van der Waals surface area contributed by atoms with Crippen LogP contribution in [0.4, 0.5) is 10.3 Å². The second-order valence-electron chi connectivity index (χ2n) is 6.45. The zero-order valence-corrected chi connectivity index (χ0v) is 16.4. The molecule has 0 bridgehead atoms. The molecule has 3 aromatic rings. The summed E-state index contributed by atoms with van der Waals surface area (Å²) in [6.45, 7) is 2.17. The molecule has 0 N–H and O–H groups in total. The molecule has 1 aliphatic rings. The monoisotopic (exact) mass is 418 g/mol. The molecule has 2 aromatic carbocycles. The van der Waals surface area contributed by atoms with Crippen molar-refractivity contribution in [2.24, 2.45) is 0 Å². The number of aromatic nitrogens is 2. The van der Waals surface area contributed by atoms with Crippen LogP contribution in [0.5, 0.6) is 0 Å². The van der Waals surface area contributed by atoms with Gasteiger partial charge in [0.1, 0.15) is 5.82 Å². The quantitative estimate of drug-likeness (QED) is 0.637.